The van der Waals surface area contributed by atoms with Gasteiger partial charge in [0.15, 0.2) is 15.1 Å². The molecule has 2 heterocycles. The number of aromatic nitrogens is 3. The number of rotatable bonds is 9. The lowest BCUT2D eigenvalue weighted by atomic mass is 10.1. The van der Waals surface area contributed by atoms with Crippen molar-refractivity contribution in [1.82, 2.24) is 19.9 Å². The molecule has 0 fully saturated rings. The highest BCUT2D eigenvalue weighted by molar-refractivity contribution is 7.91. The molecule has 5 aromatic rings. The molecule has 0 spiro atoms. The first kappa shape index (κ1) is 25.4. The minimum atomic E-state index is -3.90. The second-order valence-corrected chi connectivity index (χ2v) is 12.3. The molecule has 0 amide bonds. The van der Waals surface area contributed by atoms with E-state index in [4.69, 9.17) is 8.97 Å². The van der Waals surface area contributed by atoms with Crippen LogP contribution in [0.15, 0.2) is 77.2 Å². The summed E-state index contributed by atoms with van der Waals surface area (Å²) in [7, 11) is -3.90. The highest BCUT2D eigenvalue weighted by atomic mass is 32.2. The van der Waals surface area contributed by atoms with Crippen molar-refractivity contribution in [3.05, 3.63) is 101 Å². The number of nitrogens with zero attached hydrogens (tertiary/aromatic N) is 3. The molecular formula is C25H22N4O5S3. The zero-order valence-corrected chi connectivity index (χ0v) is 22.0. The summed E-state index contributed by atoms with van der Waals surface area (Å²) in [5.41, 5.74) is 4.27. The Morgan fingerprint density at radius 3 is 2.59 bits per heavy atom. The molecule has 2 atom stereocenters. The molecular weight excluding hydrogens is 532 g/mol. The molecule has 37 heavy (non-hydrogen) atoms. The number of benzene rings is 3. The fourth-order valence-corrected chi connectivity index (χ4v) is 7.35. The second-order valence-electron chi connectivity index (χ2n) is 8.38. The van der Waals surface area contributed by atoms with E-state index in [9.17, 15) is 12.6 Å². The molecule has 12 heteroatoms. The highest BCUT2D eigenvalue weighted by Gasteiger charge is 2.37. The van der Waals surface area contributed by atoms with E-state index >= 15 is 0 Å². The van der Waals surface area contributed by atoms with Crippen LogP contribution in [0.5, 0.6) is 0 Å². The average molecular weight is 555 g/mol. The van der Waals surface area contributed by atoms with Crippen LogP contribution in [-0.4, -0.2) is 32.4 Å². The first-order valence-electron chi connectivity index (χ1n) is 11.2. The molecule has 0 radical (unpaired) electrons. The van der Waals surface area contributed by atoms with E-state index in [1.54, 1.807) is 6.07 Å². The van der Waals surface area contributed by atoms with Crippen LogP contribution in [0.1, 0.15) is 33.2 Å². The topological polar surface area (TPSA) is 135 Å². The molecule has 0 saturated carbocycles. The molecule has 0 bridgehead atoms. The monoisotopic (exact) mass is 554 g/mol. The van der Waals surface area contributed by atoms with Crippen molar-refractivity contribution in [2.75, 3.05) is 0 Å². The summed E-state index contributed by atoms with van der Waals surface area (Å²) in [6, 6.07) is 22.9. The lowest BCUT2D eigenvalue weighted by Crippen LogP contribution is -2.17. The van der Waals surface area contributed by atoms with E-state index in [0.717, 1.165) is 21.4 Å². The Balaban J connectivity index is 1.57. The molecule has 0 aliphatic rings. The van der Waals surface area contributed by atoms with Crippen molar-refractivity contribution in [3.63, 3.8) is 0 Å². The van der Waals surface area contributed by atoms with E-state index in [-0.39, 0.29) is 24.1 Å². The van der Waals surface area contributed by atoms with Gasteiger partial charge in [0, 0.05) is 0 Å². The molecule has 2 unspecified atom stereocenters. The lowest BCUT2D eigenvalue weighted by Gasteiger charge is -2.12. The van der Waals surface area contributed by atoms with Crippen LogP contribution < -0.4 is 4.72 Å². The Kier molecular flexibility index (Phi) is 7.26. The zero-order chi connectivity index (χ0) is 26.0. The smallest absolute Gasteiger partial charge is 0.241 e. The number of hydrogen-bond donors (Lipinski definition) is 2. The molecule has 9 nitrogen and oxygen atoms in total. The number of nitrogens with one attached hydrogen (secondary N) is 1. The first-order chi connectivity index (χ1) is 17.8. The highest BCUT2D eigenvalue weighted by Crippen LogP contribution is 2.38. The zero-order valence-electron chi connectivity index (χ0n) is 19.6. The maximum absolute atomic E-state index is 13.8. The predicted octanol–water partition coefficient (Wildman–Crippen LogP) is 4.59. The summed E-state index contributed by atoms with van der Waals surface area (Å²) in [5, 5.41) is 6.85. The number of sulfone groups is 1. The number of hydrogen-bond acceptors (Lipinski definition) is 8. The number of fused-ring (bicyclic) bond motifs is 1. The van der Waals surface area contributed by atoms with Gasteiger partial charge < -0.3 is 4.42 Å². The van der Waals surface area contributed by atoms with Crippen LogP contribution in [0.25, 0.3) is 21.3 Å². The third-order valence-corrected chi connectivity index (χ3v) is 9.10. The van der Waals surface area contributed by atoms with Gasteiger partial charge >= 0.3 is 0 Å². The van der Waals surface area contributed by atoms with Crippen LogP contribution in [0.2, 0.25) is 0 Å². The van der Waals surface area contributed by atoms with E-state index in [1.807, 2.05) is 73.7 Å². The van der Waals surface area contributed by atoms with Gasteiger partial charge in [-0.25, -0.2) is 22.3 Å². The largest absolute Gasteiger partial charge is 0.422 e. The van der Waals surface area contributed by atoms with E-state index in [0.29, 0.717) is 16.1 Å². The third kappa shape index (κ3) is 5.84. The van der Waals surface area contributed by atoms with E-state index < -0.39 is 26.4 Å². The molecule has 0 aliphatic carbocycles. The Morgan fingerprint density at radius 1 is 1.03 bits per heavy atom. The second kappa shape index (κ2) is 10.6. The van der Waals surface area contributed by atoms with Gasteiger partial charge in [-0.05, 0) is 35.7 Å². The molecule has 2 N–H and O–H groups in total. The maximum atomic E-state index is 13.8. The lowest BCUT2D eigenvalue weighted by molar-refractivity contribution is 0.442. The minimum absolute atomic E-state index is 0.0133. The minimum Gasteiger partial charge on any atom is -0.422 e. The van der Waals surface area contributed by atoms with Gasteiger partial charge in [-0.15, -0.1) is 21.5 Å². The van der Waals surface area contributed by atoms with Gasteiger partial charge in [0.05, 0.1) is 22.5 Å². The van der Waals surface area contributed by atoms with Crippen LogP contribution in [0.3, 0.4) is 0 Å². The normalized spacial score (nSPS) is 13.6. The Hall–Kier alpha value is -3.29. The molecule has 0 saturated heterocycles. The van der Waals surface area contributed by atoms with Crippen molar-refractivity contribution in [2.24, 2.45) is 0 Å². The van der Waals surface area contributed by atoms with Crippen LogP contribution in [0.4, 0.5) is 0 Å². The maximum Gasteiger partial charge on any atom is 0.241 e. The van der Waals surface area contributed by atoms with Gasteiger partial charge in [0.1, 0.15) is 5.01 Å². The van der Waals surface area contributed by atoms with E-state index in [1.165, 1.54) is 11.3 Å². The van der Waals surface area contributed by atoms with Gasteiger partial charge in [-0.1, -0.05) is 66.2 Å². The average Bonchev–Trinajstić information content (AvgIpc) is 3.49. The summed E-state index contributed by atoms with van der Waals surface area (Å²) in [6.07, 6.45) is 0. The SMILES string of the molecule is Cc1cccc(CS(=O)(=O)C(c2nnc(CNS(=O)O)o2)c2nc3ccc(-c4ccccc4)cc3s2)c1. The van der Waals surface area contributed by atoms with Crippen molar-refractivity contribution < 1.29 is 21.6 Å². The van der Waals surface area contributed by atoms with E-state index in [2.05, 4.69) is 19.9 Å². The Bertz CT molecular complexity index is 1680. The van der Waals surface area contributed by atoms with Crippen molar-refractivity contribution >= 4 is 42.7 Å². The fraction of sp³-hybridized carbons (Fsp3) is 0.160. The predicted molar refractivity (Wildman–Crippen MR) is 143 cm³/mol. The Labute approximate surface area is 219 Å². The van der Waals surface area contributed by atoms with Gasteiger partial charge in [0.25, 0.3) is 0 Å². The van der Waals surface area contributed by atoms with Gasteiger partial charge in [0.2, 0.25) is 23.0 Å². The summed E-state index contributed by atoms with van der Waals surface area (Å²) in [5.74, 6) is -0.405. The first-order valence-corrected chi connectivity index (χ1v) is 14.8. The fourth-order valence-electron chi connectivity index (χ4n) is 3.96. The molecule has 2 aromatic heterocycles. The molecule has 0 aliphatic heterocycles. The number of aryl methyl sites for hydroxylation is 1. The summed E-state index contributed by atoms with van der Waals surface area (Å²) in [6.45, 7) is 1.70. The van der Waals surface area contributed by atoms with Gasteiger partial charge in [-0.2, -0.15) is 0 Å². The quantitative estimate of drug-likeness (QED) is 0.253. The van der Waals surface area contributed by atoms with Crippen LogP contribution in [0, 0.1) is 6.92 Å². The summed E-state index contributed by atoms with van der Waals surface area (Å²) >= 11 is -1.03. The van der Waals surface area contributed by atoms with Crippen molar-refractivity contribution in [2.45, 2.75) is 24.5 Å². The third-order valence-electron chi connectivity index (χ3n) is 5.60. The number of thiazole rings is 1. The van der Waals surface area contributed by atoms with Crippen molar-refractivity contribution in [3.8, 4) is 11.1 Å². The van der Waals surface area contributed by atoms with Crippen molar-refractivity contribution in [1.29, 1.82) is 0 Å². The molecule has 190 valence electrons. The van der Waals surface area contributed by atoms with Crippen LogP contribution >= 0.6 is 11.3 Å². The van der Waals surface area contributed by atoms with Gasteiger partial charge in [-0.3, -0.25) is 4.55 Å². The van der Waals surface area contributed by atoms with Crippen LogP contribution in [-0.2, 0) is 33.4 Å². The Morgan fingerprint density at radius 2 is 1.84 bits per heavy atom. The molecule has 3 aromatic carbocycles. The molecule has 5 rings (SSSR count). The summed E-state index contributed by atoms with van der Waals surface area (Å²) < 4.78 is 56.2. The summed E-state index contributed by atoms with van der Waals surface area (Å²) in [4.78, 5) is 4.64. The standard InChI is InChI=1S/C25H22N4O5S3/c1-16-6-5-7-17(12-16)15-37(32,33)23(24-29-28-22(34-24)14-26-36(30)31)25-27-20-11-10-19(13-21(20)35-25)18-8-3-2-4-9-18/h2-13,23,26H,14-15H2,1H3,(H,30,31).